The van der Waals surface area contributed by atoms with Crippen molar-refractivity contribution in [3.05, 3.63) is 24.3 Å². The monoisotopic (exact) mass is 436 g/mol. The van der Waals surface area contributed by atoms with Gasteiger partial charge in [0.15, 0.2) is 11.6 Å². The Bertz CT molecular complexity index is 777. The molecule has 1 aromatic rings. The molecule has 0 aliphatic carbocycles. The fourth-order valence-electron chi connectivity index (χ4n) is 5.88. The van der Waals surface area contributed by atoms with Crippen LogP contribution in [0.3, 0.4) is 0 Å². The molecule has 4 saturated heterocycles. The maximum atomic E-state index is 6.34. The zero-order valence-corrected chi connectivity index (χ0v) is 20.4. The zero-order valence-electron chi connectivity index (χ0n) is 18.6. The lowest BCUT2D eigenvalue weighted by Gasteiger charge is -2.32. The van der Waals surface area contributed by atoms with Gasteiger partial charge in [0.1, 0.15) is 0 Å². The van der Waals surface area contributed by atoms with Crippen LogP contribution in [0.4, 0.5) is 0 Å². The Labute approximate surface area is 177 Å². The summed E-state index contributed by atoms with van der Waals surface area (Å²) in [6.45, 7) is 15.3. The summed E-state index contributed by atoms with van der Waals surface area (Å²) < 4.78 is 25.2. The third-order valence-corrected chi connectivity index (χ3v) is 13.5. The SMILES string of the molecule is C[C@H]1[C@H]2OC(C)(C)O[C@@H]2CP1c1ccccc1P1[C@@H](C)[C@H]2OC(C)(C)O[C@@H]2[C@@H]1C. The first-order valence-corrected chi connectivity index (χ1v) is 14.0. The van der Waals surface area contributed by atoms with E-state index < -0.39 is 11.6 Å². The van der Waals surface area contributed by atoms with Gasteiger partial charge in [0, 0.05) is 23.1 Å². The molecule has 1 aromatic carbocycles. The highest BCUT2D eigenvalue weighted by molar-refractivity contribution is 7.73. The Morgan fingerprint density at radius 1 is 0.724 bits per heavy atom. The summed E-state index contributed by atoms with van der Waals surface area (Å²) in [7, 11) is -0.643. The van der Waals surface area contributed by atoms with Crippen molar-refractivity contribution in [3.63, 3.8) is 0 Å². The lowest BCUT2D eigenvalue weighted by Crippen LogP contribution is -2.33. The Morgan fingerprint density at radius 2 is 1.24 bits per heavy atom. The van der Waals surface area contributed by atoms with Crippen LogP contribution in [0.5, 0.6) is 0 Å². The average Bonchev–Trinajstić information content (AvgIpc) is 3.28. The summed E-state index contributed by atoms with van der Waals surface area (Å²) in [5.74, 6) is -0.899. The van der Waals surface area contributed by atoms with Crippen LogP contribution >= 0.6 is 15.8 Å². The Hall–Kier alpha value is -0.0800. The number of hydrogen-bond acceptors (Lipinski definition) is 4. The van der Waals surface area contributed by atoms with E-state index in [0.717, 1.165) is 6.16 Å². The van der Waals surface area contributed by atoms with Gasteiger partial charge in [0.25, 0.3) is 0 Å². The molecule has 0 aromatic heterocycles. The van der Waals surface area contributed by atoms with Gasteiger partial charge < -0.3 is 18.9 Å². The van der Waals surface area contributed by atoms with E-state index >= 15 is 0 Å². The maximum Gasteiger partial charge on any atom is 0.163 e. The molecule has 4 heterocycles. The summed E-state index contributed by atoms with van der Waals surface area (Å²) in [6.07, 6.45) is 1.99. The number of benzene rings is 1. The first-order valence-electron chi connectivity index (χ1n) is 10.9. The second-order valence-corrected chi connectivity index (χ2v) is 15.5. The largest absolute Gasteiger partial charge is 0.344 e. The van der Waals surface area contributed by atoms with Crippen LogP contribution in [0.2, 0.25) is 0 Å². The molecule has 1 unspecified atom stereocenters. The highest BCUT2D eigenvalue weighted by Crippen LogP contribution is 2.61. The molecule has 8 atom stereocenters. The van der Waals surface area contributed by atoms with Crippen LogP contribution < -0.4 is 10.6 Å². The molecule has 4 aliphatic heterocycles. The maximum absolute atomic E-state index is 6.34. The molecule has 4 nitrogen and oxygen atoms in total. The van der Waals surface area contributed by atoms with E-state index in [1.807, 2.05) is 27.7 Å². The summed E-state index contributed by atoms with van der Waals surface area (Å²) >= 11 is 0. The highest BCUT2D eigenvalue weighted by atomic mass is 31.1. The predicted octanol–water partition coefficient (Wildman–Crippen LogP) is 4.13. The molecule has 0 N–H and O–H groups in total. The van der Waals surface area contributed by atoms with Crippen molar-refractivity contribution in [2.45, 2.75) is 101 Å². The van der Waals surface area contributed by atoms with Gasteiger partial charge in [-0.3, -0.25) is 0 Å². The highest BCUT2D eigenvalue weighted by Gasteiger charge is 2.57. The summed E-state index contributed by atoms with van der Waals surface area (Å²) in [5, 5.41) is 3.14. The molecule has 4 fully saturated rings. The Morgan fingerprint density at radius 3 is 1.83 bits per heavy atom. The van der Waals surface area contributed by atoms with E-state index in [1.54, 1.807) is 10.6 Å². The third kappa shape index (κ3) is 3.34. The van der Waals surface area contributed by atoms with Gasteiger partial charge in [-0.1, -0.05) is 60.9 Å². The molecular formula is C23H34O4P2. The summed E-state index contributed by atoms with van der Waals surface area (Å²) in [6, 6.07) is 9.19. The lowest BCUT2D eigenvalue weighted by atomic mass is 10.1. The summed E-state index contributed by atoms with van der Waals surface area (Å²) in [5.41, 5.74) is 1.53. The quantitative estimate of drug-likeness (QED) is 0.654. The van der Waals surface area contributed by atoms with Gasteiger partial charge >= 0.3 is 0 Å². The minimum atomic E-state index is -0.457. The van der Waals surface area contributed by atoms with Gasteiger partial charge in [0.05, 0.1) is 24.4 Å². The van der Waals surface area contributed by atoms with Crippen LogP contribution in [-0.4, -0.2) is 59.1 Å². The molecule has 0 spiro atoms. The van der Waals surface area contributed by atoms with E-state index in [4.69, 9.17) is 18.9 Å². The van der Waals surface area contributed by atoms with E-state index in [2.05, 4.69) is 45.0 Å². The van der Waals surface area contributed by atoms with Crippen molar-refractivity contribution in [1.29, 1.82) is 0 Å². The van der Waals surface area contributed by atoms with E-state index in [1.165, 1.54) is 0 Å². The van der Waals surface area contributed by atoms with Gasteiger partial charge in [-0.2, -0.15) is 0 Å². The normalized spacial score (nSPS) is 47.3. The topological polar surface area (TPSA) is 36.9 Å². The van der Waals surface area contributed by atoms with Gasteiger partial charge in [0.2, 0.25) is 0 Å². The molecule has 29 heavy (non-hydrogen) atoms. The van der Waals surface area contributed by atoms with E-state index in [-0.39, 0.29) is 40.3 Å². The number of fused-ring (bicyclic) bond motifs is 2. The fraction of sp³-hybridized carbons (Fsp3) is 0.739. The van der Waals surface area contributed by atoms with Crippen molar-refractivity contribution in [3.8, 4) is 0 Å². The molecule has 4 aliphatic rings. The minimum absolute atomic E-state index is 0.208. The molecule has 160 valence electrons. The Kier molecular flexibility index (Phi) is 4.99. The van der Waals surface area contributed by atoms with Crippen molar-refractivity contribution < 1.29 is 18.9 Å². The number of hydrogen-bond donors (Lipinski definition) is 0. The molecule has 0 amide bonds. The molecular weight excluding hydrogens is 402 g/mol. The van der Waals surface area contributed by atoms with Crippen molar-refractivity contribution in [2.24, 2.45) is 0 Å². The lowest BCUT2D eigenvalue weighted by molar-refractivity contribution is -0.147. The van der Waals surface area contributed by atoms with Crippen molar-refractivity contribution in [1.82, 2.24) is 0 Å². The Balaban J connectivity index is 1.45. The zero-order chi connectivity index (χ0) is 20.7. The van der Waals surface area contributed by atoms with Gasteiger partial charge in [-0.05, 0) is 38.3 Å². The van der Waals surface area contributed by atoms with Crippen LogP contribution in [0, 0.1) is 0 Å². The second kappa shape index (κ2) is 6.96. The predicted molar refractivity (Wildman–Crippen MR) is 120 cm³/mol. The van der Waals surface area contributed by atoms with Gasteiger partial charge in [-0.15, -0.1) is 0 Å². The van der Waals surface area contributed by atoms with Gasteiger partial charge in [-0.25, -0.2) is 0 Å². The molecule has 5 rings (SSSR count). The van der Waals surface area contributed by atoms with E-state index in [9.17, 15) is 0 Å². The third-order valence-electron chi connectivity index (χ3n) is 7.03. The van der Waals surface area contributed by atoms with Crippen LogP contribution in [0.15, 0.2) is 24.3 Å². The second-order valence-electron chi connectivity index (χ2n) is 9.97. The van der Waals surface area contributed by atoms with Crippen LogP contribution in [0.25, 0.3) is 0 Å². The van der Waals surface area contributed by atoms with E-state index in [0.29, 0.717) is 17.0 Å². The first-order chi connectivity index (χ1) is 13.6. The van der Waals surface area contributed by atoms with Crippen LogP contribution in [-0.2, 0) is 18.9 Å². The minimum Gasteiger partial charge on any atom is -0.344 e. The standard InChI is InChI=1S/C23H34O4P2/c1-13-19-16(24-22(4,5)25-19)12-28(13)17-10-8-9-11-18(17)29-14(2)20-21(15(29)3)27-23(6,7)26-20/h8-11,13-16,19-21H,12H2,1-7H3/t13-,14-,15-,16+,19+,20+,21+,28?/m0/s1. The van der Waals surface area contributed by atoms with Crippen LogP contribution in [0.1, 0.15) is 48.5 Å². The summed E-state index contributed by atoms with van der Waals surface area (Å²) in [4.78, 5) is 0. The van der Waals surface area contributed by atoms with Crippen molar-refractivity contribution in [2.75, 3.05) is 6.16 Å². The molecule has 0 radical (unpaired) electrons. The first kappa shape index (κ1) is 20.8. The molecule has 0 saturated carbocycles. The smallest absolute Gasteiger partial charge is 0.163 e. The molecule has 0 bridgehead atoms. The average molecular weight is 436 g/mol. The fourth-order valence-corrected chi connectivity index (χ4v) is 12.8. The number of ether oxygens (including phenoxy) is 4. The van der Waals surface area contributed by atoms with Crippen molar-refractivity contribution >= 4 is 26.5 Å². The molecule has 6 heteroatoms. The number of rotatable bonds is 2.